The Morgan fingerprint density at radius 2 is 1.72 bits per heavy atom. The number of benzene rings is 2. The Morgan fingerprint density at radius 3 is 2.31 bits per heavy atom. The highest BCUT2D eigenvalue weighted by Crippen LogP contribution is 2.40. The predicted molar refractivity (Wildman–Crippen MR) is 115 cm³/mol. The summed E-state index contributed by atoms with van der Waals surface area (Å²) in [4.78, 5) is 4.83. The maximum Gasteiger partial charge on any atom is 0.169 e. The lowest BCUT2D eigenvalue weighted by Crippen LogP contribution is -2.02. The summed E-state index contributed by atoms with van der Waals surface area (Å²) in [6, 6.07) is 10.2. The minimum Gasteiger partial charge on any atom is -0.250 e. The molecule has 2 aromatic carbocycles. The van der Waals surface area contributed by atoms with Gasteiger partial charge in [-0.2, -0.15) is 19.8 Å². The van der Waals surface area contributed by atoms with Crippen LogP contribution in [-0.2, 0) is 9.73 Å². The first-order valence-electron chi connectivity index (χ1n) is 9.43. The quantitative estimate of drug-likeness (QED) is 0.501. The smallest absolute Gasteiger partial charge is 0.169 e. The van der Waals surface area contributed by atoms with Crippen LogP contribution in [0.5, 0.6) is 0 Å². The van der Waals surface area contributed by atoms with E-state index in [4.69, 9.17) is 4.98 Å². The fourth-order valence-corrected chi connectivity index (χ4v) is 3.94. The lowest BCUT2D eigenvalue weighted by molar-refractivity contribution is 0.628. The van der Waals surface area contributed by atoms with Crippen LogP contribution in [0.15, 0.2) is 40.8 Å². The van der Waals surface area contributed by atoms with Crippen molar-refractivity contribution in [3.8, 4) is 11.1 Å². The average Bonchev–Trinajstić information content (AvgIpc) is 3.14. The molecule has 0 fully saturated rings. The first-order valence-corrected chi connectivity index (χ1v) is 11.5. The fourth-order valence-electron chi connectivity index (χ4n) is 3.30. The molecule has 4 aromatic rings. The molecular weight excluding hydrogens is 389 g/mol. The van der Waals surface area contributed by atoms with Crippen LogP contribution in [-0.4, -0.2) is 36.6 Å². The van der Waals surface area contributed by atoms with Gasteiger partial charge in [0.25, 0.3) is 0 Å². The first-order chi connectivity index (χ1) is 13.8. The summed E-state index contributed by atoms with van der Waals surface area (Å²) in [7, 11) is -2.41. The number of aromatic amines is 1. The number of fused-ring (bicyclic) bond motifs is 2. The summed E-state index contributed by atoms with van der Waals surface area (Å²) in [6.45, 7) is 5.94. The third kappa shape index (κ3) is 3.60. The molecule has 0 radical (unpaired) electrons. The Bertz CT molecular complexity index is 1330. The van der Waals surface area contributed by atoms with E-state index in [9.17, 15) is 8.60 Å². The van der Waals surface area contributed by atoms with Crippen LogP contribution in [0.25, 0.3) is 32.9 Å². The molecule has 0 aliphatic rings. The van der Waals surface area contributed by atoms with Gasteiger partial charge < -0.3 is 0 Å². The second kappa shape index (κ2) is 7.18. The van der Waals surface area contributed by atoms with Gasteiger partial charge in [-0.3, -0.25) is 0 Å². The molecule has 0 aliphatic carbocycles. The standard InChI is InChI=1S/C21H22FN5OS/c1-5-29(4,28)26-21-16-11-18-17(24-27-25-18)10-15(16)19(20(23-21)12(2)3)13-6-8-14(22)9-7-13/h6-12H,5H2,1-4H3,(H,24,25,27). The van der Waals surface area contributed by atoms with Gasteiger partial charge in [0.2, 0.25) is 0 Å². The Hall–Kier alpha value is -2.87. The highest BCUT2D eigenvalue weighted by molar-refractivity contribution is 7.93. The number of rotatable bonds is 4. The van der Waals surface area contributed by atoms with Gasteiger partial charge in [0.15, 0.2) is 5.82 Å². The largest absolute Gasteiger partial charge is 0.250 e. The van der Waals surface area contributed by atoms with Gasteiger partial charge in [0, 0.05) is 23.0 Å². The lowest BCUT2D eigenvalue weighted by Gasteiger charge is -2.17. The van der Waals surface area contributed by atoms with E-state index >= 15 is 0 Å². The topological polar surface area (TPSA) is 83.9 Å². The van der Waals surface area contributed by atoms with Crippen LogP contribution < -0.4 is 0 Å². The van der Waals surface area contributed by atoms with Crippen molar-refractivity contribution in [1.29, 1.82) is 0 Å². The van der Waals surface area contributed by atoms with Gasteiger partial charge in [-0.25, -0.2) is 13.6 Å². The fraction of sp³-hybridized carbons (Fsp3) is 0.286. The van der Waals surface area contributed by atoms with Crippen molar-refractivity contribution in [2.45, 2.75) is 26.7 Å². The molecule has 150 valence electrons. The van der Waals surface area contributed by atoms with E-state index in [0.717, 1.165) is 27.6 Å². The Morgan fingerprint density at radius 1 is 1.10 bits per heavy atom. The van der Waals surface area contributed by atoms with E-state index in [2.05, 4.69) is 19.8 Å². The maximum atomic E-state index is 13.5. The molecule has 0 spiro atoms. The molecule has 2 heterocycles. The van der Waals surface area contributed by atoms with Gasteiger partial charge in [-0.15, -0.1) is 0 Å². The van der Waals surface area contributed by atoms with Crippen LogP contribution in [0.2, 0.25) is 0 Å². The van der Waals surface area contributed by atoms with Gasteiger partial charge in [0.05, 0.1) is 15.4 Å². The second-order valence-corrected chi connectivity index (χ2v) is 10.1. The first kappa shape index (κ1) is 19.4. The summed E-state index contributed by atoms with van der Waals surface area (Å²) in [5.41, 5.74) is 3.96. The van der Waals surface area contributed by atoms with Crippen LogP contribution in [0.1, 0.15) is 32.4 Å². The molecule has 6 nitrogen and oxygen atoms in total. The van der Waals surface area contributed by atoms with Gasteiger partial charge in [-0.1, -0.05) is 32.9 Å². The number of pyridine rings is 1. The average molecular weight is 412 g/mol. The predicted octanol–water partition coefficient (Wildman–Crippen LogP) is 5.18. The number of nitrogens with one attached hydrogen (secondary N) is 1. The zero-order valence-electron chi connectivity index (χ0n) is 16.7. The summed E-state index contributed by atoms with van der Waals surface area (Å²) in [5, 5.41) is 12.6. The molecule has 0 saturated heterocycles. The molecule has 2 aromatic heterocycles. The van der Waals surface area contributed by atoms with E-state index in [-0.39, 0.29) is 11.7 Å². The Balaban J connectivity index is 2.19. The molecule has 0 amide bonds. The van der Waals surface area contributed by atoms with Crippen LogP contribution in [0.4, 0.5) is 10.2 Å². The van der Waals surface area contributed by atoms with Crippen LogP contribution >= 0.6 is 0 Å². The van der Waals surface area contributed by atoms with Crippen molar-refractivity contribution in [3.63, 3.8) is 0 Å². The molecule has 0 saturated carbocycles. The normalized spacial score (nSPS) is 13.9. The number of nitrogens with zero attached hydrogens (tertiary/aromatic N) is 4. The molecule has 8 heteroatoms. The summed E-state index contributed by atoms with van der Waals surface area (Å²) in [6.07, 6.45) is 1.64. The Labute approximate surface area is 168 Å². The third-order valence-electron chi connectivity index (χ3n) is 4.94. The molecule has 29 heavy (non-hydrogen) atoms. The number of hydrogen-bond donors (Lipinski definition) is 1. The maximum absolute atomic E-state index is 13.5. The van der Waals surface area contributed by atoms with Gasteiger partial charge in [0.1, 0.15) is 16.9 Å². The van der Waals surface area contributed by atoms with E-state index in [1.54, 1.807) is 18.4 Å². The van der Waals surface area contributed by atoms with Crippen LogP contribution in [0, 0.1) is 5.82 Å². The van der Waals surface area contributed by atoms with Gasteiger partial charge >= 0.3 is 0 Å². The minimum atomic E-state index is -2.41. The molecule has 1 N–H and O–H groups in total. The molecule has 0 aliphatic heterocycles. The zero-order valence-corrected chi connectivity index (χ0v) is 17.5. The van der Waals surface area contributed by atoms with E-state index in [1.165, 1.54) is 12.1 Å². The van der Waals surface area contributed by atoms with E-state index in [0.29, 0.717) is 22.6 Å². The monoisotopic (exact) mass is 411 g/mol. The molecule has 1 unspecified atom stereocenters. The lowest BCUT2D eigenvalue weighted by atomic mass is 9.92. The SMILES string of the molecule is CCS(C)(=O)=Nc1nc(C(C)C)c(-c2ccc(F)cc2)c2cc3n[nH]nc3cc12. The van der Waals surface area contributed by atoms with Crippen molar-refractivity contribution >= 4 is 37.4 Å². The summed E-state index contributed by atoms with van der Waals surface area (Å²) < 4.78 is 30.8. The molecule has 4 rings (SSSR count). The van der Waals surface area contributed by atoms with Crippen molar-refractivity contribution in [3.05, 3.63) is 47.9 Å². The molecule has 0 bridgehead atoms. The van der Waals surface area contributed by atoms with Crippen molar-refractivity contribution in [1.82, 2.24) is 20.4 Å². The molecular formula is C21H22FN5OS. The van der Waals surface area contributed by atoms with E-state index < -0.39 is 9.73 Å². The highest BCUT2D eigenvalue weighted by atomic mass is 32.2. The summed E-state index contributed by atoms with van der Waals surface area (Å²) >= 11 is 0. The van der Waals surface area contributed by atoms with Crippen molar-refractivity contribution < 1.29 is 8.60 Å². The van der Waals surface area contributed by atoms with Gasteiger partial charge in [-0.05, 0) is 41.1 Å². The zero-order chi connectivity index (χ0) is 20.8. The third-order valence-corrected chi connectivity index (χ3v) is 6.57. The highest BCUT2D eigenvalue weighted by Gasteiger charge is 2.20. The van der Waals surface area contributed by atoms with Crippen molar-refractivity contribution in [2.75, 3.05) is 12.0 Å². The van der Waals surface area contributed by atoms with E-state index in [1.807, 2.05) is 32.9 Å². The Kier molecular flexibility index (Phi) is 4.82. The van der Waals surface area contributed by atoms with Crippen molar-refractivity contribution in [2.24, 2.45) is 4.36 Å². The summed E-state index contributed by atoms with van der Waals surface area (Å²) in [5.74, 6) is 0.653. The second-order valence-electron chi connectivity index (χ2n) is 7.41. The number of aromatic nitrogens is 4. The molecule has 1 atom stereocenters. The minimum absolute atomic E-state index is 0.0796. The number of hydrogen-bond acceptors (Lipinski definition) is 5. The number of halogens is 1. The number of H-pyrrole nitrogens is 1. The van der Waals surface area contributed by atoms with Crippen LogP contribution in [0.3, 0.4) is 0 Å².